The van der Waals surface area contributed by atoms with Crippen LogP contribution in [0.4, 0.5) is 5.69 Å². The smallest absolute Gasteiger partial charge is 0.311 e. The van der Waals surface area contributed by atoms with E-state index in [0.717, 1.165) is 18.7 Å². The third kappa shape index (κ3) is 15.8. The van der Waals surface area contributed by atoms with Crippen LogP contribution in [0.25, 0.3) is 0 Å². The summed E-state index contributed by atoms with van der Waals surface area (Å²) in [4.78, 5) is 22.3. The molecule has 0 saturated carbocycles. The van der Waals surface area contributed by atoms with Crippen molar-refractivity contribution in [2.75, 3.05) is 11.9 Å². The first kappa shape index (κ1) is 27.4. The summed E-state index contributed by atoms with van der Waals surface area (Å²) in [6, 6.07) is 8.58. The van der Waals surface area contributed by atoms with E-state index in [0.29, 0.717) is 5.56 Å². The van der Waals surface area contributed by atoms with Crippen molar-refractivity contribution in [3.63, 3.8) is 0 Å². The van der Waals surface area contributed by atoms with Crippen molar-refractivity contribution in [2.45, 2.75) is 109 Å². The number of anilines is 1. The van der Waals surface area contributed by atoms with Gasteiger partial charge in [-0.3, -0.25) is 9.59 Å². The molecule has 31 heavy (non-hydrogen) atoms. The highest BCUT2D eigenvalue weighted by Crippen LogP contribution is 2.17. The molecule has 0 heterocycles. The fourth-order valence-electron chi connectivity index (χ4n) is 3.79. The van der Waals surface area contributed by atoms with Gasteiger partial charge in [0.2, 0.25) is 0 Å². The molecular weight excluding hydrogens is 402 g/mol. The first-order valence-corrected chi connectivity index (χ1v) is 16.1. The van der Waals surface area contributed by atoms with Gasteiger partial charge in [-0.1, -0.05) is 96.3 Å². The summed E-state index contributed by atoms with van der Waals surface area (Å²) in [6.07, 6.45) is 15.9. The van der Waals surface area contributed by atoms with Gasteiger partial charge < -0.3 is 10.4 Å². The maximum atomic E-state index is 11.7. The fraction of sp³-hybridized carbons (Fsp3) is 0.692. The van der Waals surface area contributed by atoms with Crippen LogP contribution < -0.4 is 5.32 Å². The molecule has 0 bridgehead atoms. The highest BCUT2D eigenvalue weighted by molar-refractivity contribution is 6.76. The number of carboxylic acids is 1. The van der Waals surface area contributed by atoms with E-state index < -0.39 is 20.5 Å². The normalized spacial score (nSPS) is 11.5. The van der Waals surface area contributed by atoms with Crippen molar-refractivity contribution in [1.82, 2.24) is 0 Å². The summed E-state index contributed by atoms with van der Waals surface area (Å²) in [5.41, 5.74) is 1.43. The number of nitrogens with one attached hydrogen (secondary N) is 1. The van der Waals surface area contributed by atoms with Crippen molar-refractivity contribution >= 4 is 25.5 Å². The number of ketones is 1. The van der Waals surface area contributed by atoms with Crippen LogP contribution >= 0.6 is 0 Å². The monoisotopic (exact) mass is 447 g/mol. The number of rotatable bonds is 19. The quantitative estimate of drug-likeness (QED) is 0.0983. The molecule has 0 amide bonds. The molecule has 0 unspecified atom stereocenters. The topological polar surface area (TPSA) is 66.4 Å². The lowest BCUT2D eigenvalue weighted by Gasteiger charge is -2.14. The summed E-state index contributed by atoms with van der Waals surface area (Å²) in [7, 11) is -0.819. The van der Waals surface area contributed by atoms with Crippen LogP contribution in [0.3, 0.4) is 0 Å². The third-order valence-corrected chi connectivity index (χ3v) is 7.55. The number of Topliss-reactive ketones (excluding diaryl/α,β-unsaturated/α-hetero) is 1. The predicted molar refractivity (Wildman–Crippen MR) is 135 cm³/mol. The van der Waals surface area contributed by atoms with Crippen molar-refractivity contribution in [2.24, 2.45) is 0 Å². The lowest BCUT2D eigenvalue weighted by atomic mass is 10.1. The molecule has 0 aliphatic heterocycles. The van der Waals surface area contributed by atoms with Crippen molar-refractivity contribution in [3.05, 3.63) is 29.8 Å². The largest absolute Gasteiger partial charge is 0.481 e. The van der Waals surface area contributed by atoms with Gasteiger partial charge >= 0.3 is 5.97 Å². The van der Waals surface area contributed by atoms with Gasteiger partial charge in [-0.15, -0.1) is 0 Å². The molecule has 0 fully saturated rings. The average Bonchev–Trinajstić information content (AvgIpc) is 2.70. The molecule has 5 heteroatoms. The number of aliphatic carboxylic acids is 1. The van der Waals surface area contributed by atoms with Crippen LogP contribution in [-0.2, 0) is 4.79 Å². The number of carbonyl (C=O) groups excluding carboxylic acids is 1. The molecule has 0 aliphatic carbocycles. The fourth-order valence-corrected chi connectivity index (χ4v) is 5.10. The Hall–Kier alpha value is -1.62. The summed E-state index contributed by atoms with van der Waals surface area (Å²) < 4.78 is 0. The van der Waals surface area contributed by atoms with Crippen LogP contribution in [0.15, 0.2) is 24.3 Å². The zero-order valence-electron chi connectivity index (χ0n) is 20.2. The molecule has 1 aromatic carbocycles. The highest BCUT2D eigenvalue weighted by atomic mass is 28.3. The second-order valence-corrected chi connectivity index (χ2v) is 15.7. The molecule has 0 radical (unpaired) electrons. The van der Waals surface area contributed by atoms with E-state index in [1.807, 2.05) is 12.1 Å². The molecule has 0 aliphatic rings. The van der Waals surface area contributed by atoms with Gasteiger partial charge in [0.1, 0.15) is 6.42 Å². The van der Waals surface area contributed by atoms with E-state index in [4.69, 9.17) is 5.11 Å². The second-order valence-electron chi connectivity index (χ2n) is 10.1. The summed E-state index contributed by atoms with van der Waals surface area (Å²) in [5.74, 6) is -1.44. The van der Waals surface area contributed by atoms with E-state index in [2.05, 4.69) is 25.0 Å². The molecular formula is C26H45NO3Si. The van der Waals surface area contributed by atoms with Gasteiger partial charge in [0, 0.05) is 25.9 Å². The van der Waals surface area contributed by atoms with Crippen LogP contribution in [0, 0.1) is 0 Å². The Morgan fingerprint density at radius 2 is 1.19 bits per heavy atom. The van der Waals surface area contributed by atoms with E-state index in [-0.39, 0.29) is 5.78 Å². The van der Waals surface area contributed by atoms with Crippen molar-refractivity contribution in [1.29, 1.82) is 0 Å². The Morgan fingerprint density at radius 1 is 0.742 bits per heavy atom. The standard InChI is InChI=1S/C26H45NO3Si/c1-31(2,3)21-15-13-11-9-7-5-4-6-8-10-12-14-20-27-24-18-16-23(17-19-24)25(28)22-26(29)30/h16-19,27H,4-15,20-22H2,1-3H3,(H,29,30). The van der Waals surface area contributed by atoms with Gasteiger partial charge in [0.05, 0.1) is 0 Å². The van der Waals surface area contributed by atoms with Gasteiger partial charge in [-0.2, -0.15) is 0 Å². The minimum Gasteiger partial charge on any atom is -0.481 e. The zero-order valence-corrected chi connectivity index (χ0v) is 21.2. The second kappa shape index (κ2) is 16.1. The van der Waals surface area contributed by atoms with Crippen LogP contribution in [0.1, 0.15) is 93.8 Å². The Balaban J connectivity index is 1.90. The van der Waals surface area contributed by atoms with Gasteiger partial charge in [-0.05, 0) is 30.7 Å². The molecule has 2 N–H and O–H groups in total. The Kier molecular flexibility index (Phi) is 14.2. The summed E-state index contributed by atoms with van der Waals surface area (Å²) in [6.45, 7) is 8.35. The van der Waals surface area contributed by atoms with E-state index in [9.17, 15) is 9.59 Å². The molecule has 1 rings (SSSR count). The molecule has 176 valence electrons. The van der Waals surface area contributed by atoms with Gasteiger partial charge in [0.15, 0.2) is 5.78 Å². The minimum absolute atomic E-state index is 0.350. The zero-order chi connectivity index (χ0) is 23.0. The average molecular weight is 448 g/mol. The molecule has 1 aromatic rings. The molecule has 0 aromatic heterocycles. The van der Waals surface area contributed by atoms with Crippen LogP contribution in [0.2, 0.25) is 25.7 Å². The van der Waals surface area contributed by atoms with E-state index in [1.165, 1.54) is 76.7 Å². The van der Waals surface area contributed by atoms with Crippen LogP contribution in [0.5, 0.6) is 0 Å². The van der Waals surface area contributed by atoms with Crippen molar-refractivity contribution in [3.8, 4) is 0 Å². The van der Waals surface area contributed by atoms with E-state index >= 15 is 0 Å². The summed E-state index contributed by atoms with van der Waals surface area (Å²) in [5, 5.41) is 12.1. The number of unbranched alkanes of at least 4 members (excludes halogenated alkanes) is 11. The maximum absolute atomic E-state index is 11.7. The molecule has 0 spiro atoms. The number of hydrogen-bond donors (Lipinski definition) is 2. The van der Waals surface area contributed by atoms with Gasteiger partial charge in [-0.25, -0.2) is 0 Å². The van der Waals surface area contributed by atoms with Crippen molar-refractivity contribution < 1.29 is 14.7 Å². The Bertz CT molecular complexity index is 623. The first-order valence-electron chi connectivity index (χ1n) is 12.4. The third-order valence-electron chi connectivity index (χ3n) is 5.70. The lowest BCUT2D eigenvalue weighted by Crippen LogP contribution is -2.18. The SMILES string of the molecule is C[Si](C)(C)CCCCCCCCCCCCCCNc1ccc(C(=O)CC(=O)O)cc1. The highest BCUT2D eigenvalue weighted by Gasteiger charge is 2.11. The van der Waals surface area contributed by atoms with Gasteiger partial charge in [0.25, 0.3) is 0 Å². The molecule has 4 nitrogen and oxygen atoms in total. The lowest BCUT2D eigenvalue weighted by molar-refractivity contribution is -0.135. The number of carbonyl (C=O) groups is 2. The Labute approximate surface area is 191 Å². The summed E-state index contributed by atoms with van der Waals surface area (Å²) >= 11 is 0. The number of carboxylic acid groups (broad SMARTS) is 1. The minimum atomic E-state index is -1.09. The molecule has 0 atom stereocenters. The number of benzene rings is 1. The molecule has 0 saturated heterocycles. The van der Waals surface area contributed by atoms with Crippen LogP contribution in [-0.4, -0.2) is 31.5 Å². The number of hydrogen-bond acceptors (Lipinski definition) is 3. The Morgan fingerprint density at radius 3 is 1.65 bits per heavy atom. The predicted octanol–water partition coefficient (Wildman–Crippen LogP) is 7.78. The first-order chi connectivity index (χ1) is 14.8. The maximum Gasteiger partial charge on any atom is 0.311 e. The van der Waals surface area contributed by atoms with E-state index in [1.54, 1.807) is 12.1 Å².